The van der Waals surface area contributed by atoms with E-state index >= 15 is 0 Å². The lowest BCUT2D eigenvalue weighted by molar-refractivity contribution is 0.226. The molecule has 0 atom stereocenters. The van der Waals surface area contributed by atoms with Gasteiger partial charge in [-0.15, -0.1) is 0 Å². The lowest BCUT2D eigenvalue weighted by Gasteiger charge is -2.29. The van der Waals surface area contributed by atoms with E-state index in [4.69, 9.17) is 0 Å². The highest BCUT2D eigenvalue weighted by Gasteiger charge is 2.15. The zero-order valence-corrected chi connectivity index (χ0v) is 10.7. The molecule has 0 aliphatic carbocycles. The quantitative estimate of drug-likeness (QED) is 0.668. The molecular weight excluding hydrogens is 182 g/mol. The first kappa shape index (κ1) is 12.5. The molecule has 0 spiro atoms. The predicted molar refractivity (Wildman–Crippen MR) is 68.0 cm³/mol. The molecule has 0 aromatic carbocycles. The lowest BCUT2D eigenvalue weighted by Crippen LogP contribution is -2.33. The summed E-state index contributed by atoms with van der Waals surface area (Å²) in [4.78, 5) is 2.54. The Morgan fingerprint density at radius 2 is 1.87 bits per heavy atom. The first-order valence-corrected chi connectivity index (χ1v) is 6.14. The van der Waals surface area contributed by atoms with Crippen LogP contribution in [0.15, 0.2) is 23.8 Å². The van der Waals surface area contributed by atoms with Crippen molar-refractivity contribution in [2.45, 2.75) is 46.6 Å². The zero-order chi connectivity index (χ0) is 11.4. The summed E-state index contributed by atoms with van der Waals surface area (Å²) in [6.45, 7) is 15.7. The van der Waals surface area contributed by atoms with Crippen molar-refractivity contribution in [3.8, 4) is 0 Å². The Hall–Kier alpha value is -0.560. The summed E-state index contributed by atoms with van der Waals surface area (Å²) in [7, 11) is 0. The predicted octanol–water partition coefficient (Wildman–Crippen LogP) is 3.63. The van der Waals surface area contributed by atoms with Gasteiger partial charge < -0.3 is 4.90 Å². The molecule has 1 aliphatic heterocycles. The Balaban J connectivity index is 2.69. The van der Waals surface area contributed by atoms with Gasteiger partial charge in [0, 0.05) is 19.1 Å². The van der Waals surface area contributed by atoms with Gasteiger partial charge in [0.05, 0.1) is 0 Å². The Kier molecular flexibility index (Phi) is 4.59. The van der Waals surface area contributed by atoms with Crippen molar-refractivity contribution >= 4 is 0 Å². The van der Waals surface area contributed by atoms with E-state index < -0.39 is 0 Å². The van der Waals surface area contributed by atoms with E-state index in [0.29, 0.717) is 12.0 Å². The van der Waals surface area contributed by atoms with Gasteiger partial charge >= 0.3 is 0 Å². The van der Waals surface area contributed by atoms with Crippen LogP contribution in [0.4, 0.5) is 0 Å². The minimum Gasteiger partial charge on any atom is -0.300 e. The molecule has 0 amide bonds. The zero-order valence-electron chi connectivity index (χ0n) is 10.7. The van der Waals surface area contributed by atoms with Crippen LogP contribution in [-0.4, -0.2) is 24.0 Å². The highest BCUT2D eigenvalue weighted by atomic mass is 15.1. The van der Waals surface area contributed by atoms with Gasteiger partial charge in [-0.25, -0.2) is 0 Å². The fourth-order valence-corrected chi connectivity index (χ4v) is 2.23. The van der Waals surface area contributed by atoms with E-state index in [0.717, 1.165) is 6.42 Å². The van der Waals surface area contributed by atoms with Crippen LogP contribution >= 0.6 is 0 Å². The number of hydrogen-bond acceptors (Lipinski definition) is 1. The van der Waals surface area contributed by atoms with Gasteiger partial charge in [0.2, 0.25) is 0 Å². The van der Waals surface area contributed by atoms with E-state index in [1.807, 2.05) is 0 Å². The number of nitrogens with zero attached hydrogens (tertiary/aromatic N) is 1. The molecule has 1 aliphatic rings. The van der Waals surface area contributed by atoms with Crippen LogP contribution < -0.4 is 0 Å². The Morgan fingerprint density at radius 1 is 1.20 bits per heavy atom. The molecule has 15 heavy (non-hydrogen) atoms. The topological polar surface area (TPSA) is 3.24 Å². The van der Waals surface area contributed by atoms with Crippen molar-refractivity contribution < 1.29 is 0 Å². The summed E-state index contributed by atoms with van der Waals surface area (Å²) in [6, 6.07) is 0.659. The molecule has 0 aromatic rings. The normalized spacial score (nSPS) is 20.4. The summed E-state index contributed by atoms with van der Waals surface area (Å²) in [5, 5.41) is 0. The Labute approximate surface area is 94.9 Å². The first-order chi connectivity index (χ1) is 7.02. The minimum atomic E-state index is 0.628. The van der Waals surface area contributed by atoms with Gasteiger partial charge in [0.15, 0.2) is 0 Å². The smallest absolute Gasteiger partial charge is 0.00388 e. The van der Waals surface area contributed by atoms with Crippen LogP contribution in [0.2, 0.25) is 0 Å². The van der Waals surface area contributed by atoms with Crippen LogP contribution in [0.5, 0.6) is 0 Å². The number of allylic oxidation sites excluding steroid dienone is 1. The molecular formula is C14H25N. The second-order valence-corrected chi connectivity index (χ2v) is 5.09. The maximum absolute atomic E-state index is 4.22. The summed E-state index contributed by atoms with van der Waals surface area (Å²) < 4.78 is 0. The second kappa shape index (κ2) is 5.50. The Morgan fingerprint density at radius 3 is 2.40 bits per heavy atom. The molecule has 0 aromatic heterocycles. The maximum Gasteiger partial charge on any atom is 0.00388 e. The standard InChI is InChI=1S/C14H25N/c1-11(2)14-7-6-9-15(12(3)4)10-8-13(14)5/h7,11-12H,5-6,8-10H2,1-4H3. The maximum atomic E-state index is 4.22. The molecule has 0 saturated heterocycles. The summed E-state index contributed by atoms with van der Waals surface area (Å²) in [5.41, 5.74) is 2.83. The third kappa shape index (κ3) is 3.49. The summed E-state index contributed by atoms with van der Waals surface area (Å²) in [5.74, 6) is 0.628. The molecule has 1 nitrogen and oxygen atoms in total. The SMILES string of the molecule is C=C1CCN(C(C)C)CCC=C1C(C)C. The van der Waals surface area contributed by atoms with E-state index in [2.05, 4.69) is 45.2 Å². The molecule has 1 heterocycles. The van der Waals surface area contributed by atoms with Crippen LogP contribution in [0, 0.1) is 5.92 Å². The average molecular weight is 207 g/mol. The molecule has 0 saturated carbocycles. The van der Waals surface area contributed by atoms with Crippen LogP contribution in [0.3, 0.4) is 0 Å². The van der Waals surface area contributed by atoms with Gasteiger partial charge in [-0.2, -0.15) is 0 Å². The largest absolute Gasteiger partial charge is 0.300 e. The second-order valence-electron chi connectivity index (χ2n) is 5.09. The van der Waals surface area contributed by atoms with Crippen LogP contribution in [-0.2, 0) is 0 Å². The molecule has 0 radical (unpaired) electrons. The molecule has 0 unspecified atom stereocenters. The molecule has 0 bridgehead atoms. The van der Waals surface area contributed by atoms with Gasteiger partial charge in [-0.05, 0) is 38.2 Å². The van der Waals surface area contributed by atoms with Crippen LogP contribution in [0.1, 0.15) is 40.5 Å². The van der Waals surface area contributed by atoms with Crippen molar-refractivity contribution in [2.75, 3.05) is 13.1 Å². The van der Waals surface area contributed by atoms with Gasteiger partial charge in [-0.1, -0.05) is 32.1 Å². The Bertz CT molecular complexity index is 248. The third-order valence-electron chi connectivity index (χ3n) is 3.24. The van der Waals surface area contributed by atoms with Crippen LogP contribution in [0.25, 0.3) is 0 Å². The van der Waals surface area contributed by atoms with E-state index in [-0.39, 0.29) is 0 Å². The number of hydrogen-bond donors (Lipinski definition) is 0. The highest BCUT2D eigenvalue weighted by molar-refractivity contribution is 5.30. The van der Waals surface area contributed by atoms with Crippen molar-refractivity contribution in [1.82, 2.24) is 4.90 Å². The van der Waals surface area contributed by atoms with E-state index in [1.54, 1.807) is 0 Å². The molecule has 0 N–H and O–H groups in total. The summed E-state index contributed by atoms with van der Waals surface area (Å²) >= 11 is 0. The van der Waals surface area contributed by atoms with E-state index in [1.165, 1.54) is 30.7 Å². The minimum absolute atomic E-state index is 0.628. The third-order valence-corrected chi connectivity index (χ3v) is 3.24. The van der Waals surface area contributed by atoms with Crippen molar-refractivity contribution in [1.29, 1.82) is 0 Å². The first-order valence-electron chi connectivity index (χ1n) is 6.14. The molecule has 86 valence electrons. The highest BCUT2D eigenvalue weighted by Crippen LogP contribution is 2.24. The fraction of sp³-hybridized carbons (Fsp3) is 0.714. The summed E-state index contributed by atoms with van der Waals surface area (Å²) in [6.07, 6.45) is 4.69. The van der Waals surface area contributed by atoms with Gasteiger partial charge in [0.1, 0.15) is 0 Å². The van der Waals surface area contributed by atoms with Crippen molar-refractivity contribution in [3.63, 3.8) is 0 Å². The monoisotopic (exact) mass is 207 g/mol. The number of rotatable bonds is 2. The van der Waals surface area contributed by atoms with E-state index in [9.17, 15) is 0 Å². The van der Waals surface area contributed by atoms with Crippen molar-refractivity contribution in [2.24, 2.45) is 5.92 Å². The van der Waals surface area contributed by atoms with Gasteiger partial charge in [-0.3, -0.25) is 0 Å². The van der Waals surface area contributed by atoms with Crippen molar-refractivity contribution in [3.05, 3.63) is 23.8 Å². The fourth-order valence-electron chi connectivity index (χ4n) is 2.23. The molecule has 0 fully saturated rings. The lowest BCUT2D eigenvalue weighted by atomic mass is 9.92. The molecule has 1 rings (SSSR count). The molecule has 1 heteroatoms. The van der Waals surface area contributed by atoms with Gasteiger partial charge in [0.25, 0.3) is 0 Å². The average Bonchev–Trinajstić information content (AvgIpc) is 2.10.